The zero-order valence-electron chi connectivity index (χ0n) is 17.5. The number of aromatic nitrogens is 2. The molecule has 6 rings (SSSR count). The maximum atomic E-state index is 14.9. The molecule has 0 saturated carbocycles. The molecule has 2 heterocycles. The minimum Gasteiger partial charge on any atom is -0.302 e. The first kappa shape index (κ1) is 19.9. The zero-order chi connectivity index (χ0) is 23.2. The van der Waals surface area contributed by atoms with E-state index in [2.05, 4.69) is 18.8 Å². The van der Waals surface area contributed by atoms with Gasteiger partial charge in [0.15, 0.2) is 23.3 Å². The fourth-order valence-corrected chi connectivity index (χ4v) is 5.06. The van der Waals surface area contributed by atoms with Gasteiger partial charge in [0.25, 0.3) is 0 Å². The number of nitrogens with zero attached hydrogens (tertiary/aromatic N) is 2. The number of halogens is 5. The van der Waals surface area contributed by atoms with Gasteiger partial charge in [0, 0.05) is 17.0 Å². The summed E-state index contributed by atoms with van der Waals surface area (Å²) in [5, 5.41) is 0.564. The van der Waals surface area contributed by atoms with Gasteiger partial charge in [-0.2, -0.15) is 0 Å². The van der Waals surface area contributed by atoms with Crippen LogP contribution in [-0.4, -0.2) is 9.55 Å². The maximum absolute atomic E-state index is 14.9. The Bertz CT molecular complexity index is 1620. The summed E-state index contributed by atoms with van der Waals surface area (Å²) in [6.45, 7) is 4.17. The summed E-state index contributed by atoms with van der Waals surface area (Å²) in [5.74, 6) is -9.96. The molecule has 7 heteroatoms. The highest BCUT2D eigenvalue weighted by molar-refractivity contribution is 6.09. The molecule has 0 amide bonds. The van der Waals surface area contributed by atoms with Crippen molar-refractivity contribution < 1.29 is 22.0 Å². The molecule has 0 unspecified atom stereocenters. The monoisotopic (exact) mass is 450 g/mol. The van der Waals surface area contributed by atoms with E-state index in [0.717, 1.165) is 26.8 Å². The Morgan fingerprint density at radius 3 is 2.09 bits per heavy atom. The Kier molecular flexibility index (Phi) is 3.86. The number of hydrogen-bond acceptors (Lipinski definition) is 1. The third-order valence-corrected chi connectivity index (χ3v) is 6.63. The van der Waals surface area contributed by atoms with Crippen molar-refractivity contribution in [1.29, 1.82) is 0 Å². The van der Waals surface area contributed by atoms with E-state index in [0.29, 0.717) is 16.4 Å². The van der Waals surface area contributed by atoms with Crippen LogP contribution in [0.3, 0.4) is 0 Å². The highest BCUT2D eigenvalue weighted by Crippen LogP contribution is 2.50. The molecule has 0 radical (unpaired) electrons. The van der Waals surface area contributed by atoms with Crippen LogP contribution in [0, 0.1) is 29.1 Å². The van der Waals surface area contributed by atoms with Crippen molar-refractivity contribution in [3.8, 4) is 16.8 Å². The largest absolute Gasteiger partial charge is 0.302 e. The van der Waals surface area contributed by atoms with Crippen LogP contribution >= 0.6 is 0 Å². The molecule has 0 spiro atoms. The van der Waals surface area contributed by atoms with Crippen molar-refractivity contribution >= 4 is 21.9 Å². The van der Waals surface area contributed by atoms with E-state index in [9.17, 15) is 22.0 Å². The van der Waals surface area contributed by atoms with Crippen LogP contribution in [-0.2, 0) is 5.41 Å². The molecule has 0 saturated heterocycles. The van der Waals surface area contributed by atoms with E-state index < -0.39 is 34.8 Å². The molecule has 1 aliphatic carbocycles. The fraction of sp³-hybridized carbons (Fsp3) is 0.115. The van der Waals surface area contributed by atoms with Gasteiger partial charge >= 0.3 is 0 Å². The predicted octanol–water partition coefficient (Wildman–Crippen LogP) is 7.18. The van der Waals surface area contributed by atoms with Crippen LogP contribution in [0.25, 0.3) is 38.8 Å². The molecule has 0 N–H and O–H groups in total. The summed E-state index contributed by atoms with van der Waals surface area (Å²) in [7, 11) is 0. The first-order chi connectivity index (χ1) is 15.7. The molecule has 0 aliphatic heterocycles. The minimum atomic E-state index is -2.19. The lowest BCUT2D eigenvalue weighted by atomic mass is 9.82. The number of benzene rings is 3. The van der Waals surface area contributed by atoms with E-state index >= 15 is 0 Å². The van der Waals surface area contributed by atoms with Crippen LogP contribution < -0.4 is 0 Å². The summed E-state index contributed by atoms with van der Waals surface area (Å²) in [6.07, 6.45) is 1.53. The smallest absolute Gasteiger partial charge is 0.200 e. The quantitative estimate of drug-likeness (QED) is 0.150. The van der Waals surface area contributed by atoms with Gasteiger partial charge in [-0.15, -0.1) is 0 Å². The molecular weight excluding hydrogens is 435 g/mol. The Hall–Kier alpha value is -3.74. The zero-order valence-corrected chi connectivity index (χ0v) is 17.5. The molecule has 3 aromatic carbocycles. The van der Waals surface area contributed by atoms with Crippen molar-refractivity contribution in [2.24, 2.45) is 0 Å². The van der Waals surface area contributed by atoms with E-state index in [4.69, 9.17) is 0 Å². The molecular formula is C26H15F5N2. The van der Waals surface area contributed by atoms with Gasteiger partial charge in [0.1, 0.15) is 5.69 Å². The molecule has 164 valence electrons. The number of pyridine rings is 1. The van der Waals surface area contributed by atoms with Gasteiger partial charge in [-0.1, -0.05) is 38.1 Å². The molecule has 1 aliphatic rings. The topological polar surface area (TPSA) is 17.8 Å². The molecule has 5 aromatic rings. The van der Waals surface area contributed by atoms with Gasteiger partial charge in [-0.25, -0.2) is 22.0 Å². The highest BCUT2D eigenvalue weighted by Gasteiger charge is 2.37. The normalized spacial score (nSPS) is 14.2. The Morgan fingerprint density at radius 1 is 0.697 bits per heavy atom. The lowest BCUT2D eigenvalue weighted by Gasteiger charge is -2.21. The van der Waals surface area contributed by atoms with Crippen molar-refractivity contribution in [3.63, 3.8) is 0 Å². The van der Waals surface area contributed by atoms with Gasteiger partial charge < -0.3 is 4.57 Å². The van der Waals surface area contributed by atoms with Gasteiger partial charge in [0.05, 0.1) is 16.6 Å². The average Bonchev–Trinajstić information content (AvgIpc) is 3.25. The maximum Gasteiger partial charge on any atom is 0.200 e. The number of rotatable bonds is 1. The standard InChI is InChI=1S/C26H15F5N2/c1-26(2)15-7-4-3-6-12(15)13-11-18-14(10-16(13)26)24-17(8-5-9-32-24)33(18)25-22(30)20(28)19(27)21(29)23(25)31/h3-11H,1-2H3. The first-order valence-electron chi connectivity index (χ1n) is 10.3. The van der Waals surface area contributed by atoms with Crippen LogP contribution in [0.5, 0.6) is 0 Å². The SMILES string of the molecule is CC1(C)c2ccccc2-c2cc3c(cc21)c1ncccc1n3-c1c(F)c(F)c(F)c(F)c1F. The van der Waals surface area contributed by atoms with Crippen LogP contribution in [0.1, 0.15) is 25.0 Å². The Labute approximate surface area is 184 Å². The van der Waals surface area contributed by atoms with Gasteiger partial charge in [-0.3, -0.25) is 4.98 Å². The Balaban J connectivity index is 1.82. The van der Waals surface area contributed by atoms with Crippen molar-refractivity contribution in [2.45, 2.75) is 19.3 Å². The Morgan fingerprint density at radius 2 is 1.36 bits per heavy atom. The molecule has 33 heavy (non-hydrogen) atoms. The van der Waals surface area contributed by atoms with E-state index in [-0.39, 0.29) is 10.9 Å². The first-order valence-corrected chi connectivity index (χ1v) is 10.3. The minimum absolute atomic E-state index is 0.241. The number of hydrogen-bond donors (Lipinski definition) is 0. The lowest BCUT2D eigenvalue weighted by Crippen LogP contribution is -2.14. The van der Waals surface area contributed by atoms with Crippen LogP contribution in [0.2, 0.25) is 0 Å². The molecule has 2 aromatic heterocycles. The second-order valence-corrected chi connectivity index (χ2v) is 8.71. The lowest BCUT2D eigenvalue weighted by molar-refractivity contribution is 0.376. The third-order valence-electron chi connectivity index (χ3n) is 6.63. The van der Waals surface area contributed by atoms with Gasteiger partial charge in [0.2, 0.25) is 5.82 Å². The van der Waals surface area contributed by atoms with E-state index in [1.807, 2.05) is 30.3 Å². The fourth-order valence-electron chi connectivity index (χ4n) is 5.06. The van der Waals surface area contributed by atoms with Crippen molar-refractivity contribution in [1.82, 2.24) is 9.55 Å². The van der Waals surface area contributed by atoms with E-state index in [1.54, 1.807) is 18.2 Å². The molecule has 0 bridgehead atoms. The van der Waals surface area contributed by atoms with Gasteiger partial charge in [-0.05, 0) is 46.5 Å². The average molecular weight is 450 g/mol. The molecule has 2 nitrogen and oxygen atoms in total. The molecule has 0 atom stereocenters. The second-order valence-electron chi connectivity index (χ2n) is 8.71. The summed E-state index contributed by atoms with van der Waals surface area (Å²) in [6, 6.07) is 14.6. The number of fused-ring (bicyclic) bond motifs is 6. The summed E-state index contributed by atoms with van der Waals surface area (Å²) in [5.41, 5.74) is 3.48. The third kappa shape index (κ3) is 2.39. The summed E-state index contributed by atoms with van der Waals surface area (Å²) < 4.78 is 72.9. The van der Waals surface area contributed by atoms with Crippen LogP contribution in [0.4, 0.5) is 22.0 Å². The molecule has 0 fully saturated rings. The predicted molar refractivity (Wildman–Crippen MR) is 116 cm³/mol. The summed E-state index contributed by atoms with van der Waals surface area (Å²) >= 11 is 0. The second kappa shape index (κ2) is 6.41. The van der Waals surface area contributed by atoms with Crippen molar-refractivity contribution in [3.05, 3.63) is 94.9 Å². The summed E-state index contributed by atoms with van der Waals surface area (Å²) in [4.78, 5) is 4.37. The van der Waals surface area contributed by atoms with Crippen LogP contribution in [0.15, 0.2) is 54.7 Å². The van der Waals surface area contributed by atoms with Crippen molar-refractivity contribution in [2.75, 3.05) is 0 Å². The van der Waals surface area contributed by atoms with E-state index in [1.165, 1.54) is 6.20 Å². The highest BCUT2D eigenvalue weighted by atomic mass is 19.2.